The lowest BCUT2D eigenvalue weighted by atomic mass is 10.1. The third-order valence-electron chi connectivity index (χ3n) is 4.90. The summed E-state index contributed by atoms with van der Waals surface area (Å²) in [5.74, 6) is 0.00844. The van der Waals surface area contributed by atoms with Crippen LogP contribution in [-0.2, 0) is 21.4 Å². The Kier molecular flexibility index (Phi) is 7.24. The van der Waals surface area contributed by atoms with Crippen molar-refractivity contribution >= 4 is 21.6 Å². The molecule has 2 aromatic rings. The number of carbonyl (C=O) groups is 1. The molecule has 5 nitrogen and oxygen atoms in total. The molecule has 0 fully saturated rings. The molecule has 0 spiro atoms. The van der Waals surface area contributed by atoms with Gasteiger partial charge in [0.25, 0.3) is 0 Å². The maximum absolute atomic E-state index is 12.4. The number of nitrogens with zero attached hydrogens (tertiary/aromatic N) is 2. The number of aryl methyl sites for hydroxylation is 3. The van der Waals surface area contributed by atoms with Crippen LogP contribution in [0.5, 0.6) is 0 Å². The lowest BCUT2D eigenvalue weighted by Crippen LogP contribution is -2.32. The van der Waals surface area contributed by atoms with E-state index in [4.69, 9.17) is 0 Å². The Morgan fingerprint density at radius 3 is 2.18 bits per heavy atom. The van der Waals surface area contributed by atoms with E-state index >= 15 is 0 Å². The molecule has 0 radical (unpaired) electrons. The summed E-state index contributed by atoms with van der Waals surface area (Å²) < 4.78 is 25.9. The molecule has 0 unspecified atom stereocenters. The van der Waals surface area contributed by atoms with E-state index in [1.165, 1.54) is 16.1 Å². The summed E-state index contributed by atoms with van der Waals surface area (Å²) in [7, 11) is -1.63. The number of hydrogen-bond acceptors (Lipinski definition) is 3. The number of amides is 1. The zero-order chi connectivity index (χ0) is 20.9. The Balaban J connectivity index is 1.96. The van der Waals surface area contributed by atoms with Crippen LogP contribution in [0.4, 0.5) is 5.69 Å². The van der Waals surface area contributed by atoms with Gasteiger partial charge in [-0.25, -0.2) is 8.42 Å². The van der Waals surface area contributed by atoms with Gasteiger partial charge in [-0.05, 0) is 56.0 Å². The maximum Gasteiger partial charge on any atom is 0.232 e. The molecule has 2 rings (SSSR count). The van der Waals surface area contributed by atoms with Crippen LogP contribution >= 0.6 is 0 Å². The Bertz CT molecular complexity index is 921. The molecule has 152 valence electrons. The van der Waals surface area contributed by atoms with Crippen LogP contribution in [0.25, 0.3) is 0 Å². The molecule has 0 aliphatic carbocycles. The monoisotopic (exact) mass is 402 g/mol. The van der Waals surface area contributed by atoms with E-state index in [1.807, 2.05) is 63.2 Å². The molecular formula is C22H30N2O3S. The van der Waals surface area contributed by atoms with Gasteiger partial charge in [-0.15, -0.1) is 0 Å². The van der Waals surface area contributed by atoms with Crippen LogP contribution in [0.15, 0.2) is 42.5 Å². The molecule has 0 aliphatic rings. The highest BCUT2D eigenvalue weighted by molar-refractivity contribution is 7.92. The average Bonchev–Trinajstić information content (AvgIpc) is 2.62. The topological polar surface area (TPSA) is 57.7 Å². The zero-order valence-corrected chi connectivity index (χ0v) is 18.2. The van der Waals surface area contributed by atoms with Gasteiger partial charge in [0.05, 0.1) is 11.9 Å². The van der Waals surface area contributed by atoms with Crippen molar-refractivity contribution in [3.8, 4) is 0 Å². The van der Waals surface area contributed by atoms with Crippen molar-refractivity contribution < 1.29 is 13.2 Å². The molecule has 0 aliphatic heterocycles. The minimum absolute atomic E-state index is 0.00844. The van der Waals surface area contributed by atoms with Gasteiger partial charge in [0.1, 0.15) is 0 Å². The Labute approximate surface area is 169 Å². The van der Waals surface area contributed by atoms with Gasteiger partial charge in [0.2, 0.25) is 15.9 Å². The summed E-state index contributed by atoms with van der Waals surface area (Å²) in [5, 5.41) is 0. The third-order valence-corrected chi connectivity index (χ3v) is 6.09. The number of sulfonamides is 1. The largest absolute Gasteiger partial charge is 0.341 e. The molecule has 0 bridgehead atoms. The second-order valence-corrected chi connectivity index (χ2v) is 9.35. The van der Waals surface area contributed by atoms with Crippen molar-refractivity contribution in [1.29, 1.82) is 0 Å². The standard InChI is InChI=1S/C22H30N2O3S/c1-17-8-11-20(12-9-17)16-23(4)22(25)7-6-14-24(28(5,26)27)21-13-10-18(2)19(3)15-21/h8-13,15H,6-7,14,16H2,1-5H3. The summed E-state index contributed by atoms with van der Waals surface area (Å²) in [6, 6.07) is 13.7. The minimum Gasteiger partial charge on any atom is -0.341 e. The van der Waals surface area contributed by atoms with Crippen LogP contribution in [0, 0.1) is 20.8 Å². The van der Waals surface area contributed by atoms with E-state index < -0.39 is 10.0 Å². The van der Waals surface area contributed by atoms with Crippen molar-refractivity contribution in [1.82, 2.24) is 4.90 Å². The molecule has 1 amide bonds. The van der Waals surface area contributed by atoms with E-state index in [1.54, 1.807) is 11.9 Å². The molecule has 0 N–H and O–H groups in total. The van der Waals surface area contributed by atoms with E-state index in [2.05, 4.69) is 0 Å². The summed E-state index contributed by atoms with van der Waals surface area (Å²) in [6.07, 6.45) is 1.98. The summed E-state index contributed by atoms with van der Waals surface area (Å²) >= 11 is 0. The van der Waals surface area contributed by atoms with Crippen molar-refractivity contribution in [2.45, 2.75) is 40.2 Å². The normalized spacial score (nSPS) is 11.3. The first kappa shape index (κ1) is 22.0. The van der Waals surface area contributed by atoms with Crippen molar-refractivity contribution in [3.63, 3.8) is 0 Å². The fourth-order valence-corrected chi connectivity index (χ4v) is 3.94. The van der Waals surface area contributed by atoms with Crippen LogP contribution in [0.1, 0.15) is 35.1 Å². The second kappa shape index (κ2) is 9.24. The molecule has 2 aromatic carbocycles. The van der Waals surface area contributed by atoms with E-state index in [0.717, 1.165) is 16.7 Å². The Hall–Kier alpha value is -2.34. The minimum atomic E-state index is -3.41. The van der Waals surface area contributed by atoms with Crippen molar-refractivity contribution in [2.75, 3.05) is 24.2 Å². The third kappa shape index (κ3) is 6.09. The SMILES string of the molecule is Cc1ccc(CN(C)C(=O)CCCN(c2ccc(C)c(C)c2)S(C)(=O)=O)cc1. The van der Waals surface area contributed by atoms with Crippen LogP contribution < -0.4 is 4.31 Å². The number of carbonyl (C=O) groups excluding carboxylic acids is 1. The van der Waals surface area contributed by atoms with Gasteiger partial charge in [-0.2, -0.15) is 0 Å². The van der Waals surface area contributed by atoms with E-state index in [-0.39, 0.29) is 12.5 Å². The zero-order valence-electron chi connectivity index (χ0n) is 17.4. The molecule has 0 saturated heterocycles. The summed E-state index contributed by atoms with van der Waals surface area (Å²) in [6.45, 7) is 6.81. The van der Waals surface area contributed by atoms with Gasteiger partial charge in [0, 0.05) is 26.6 Å². The Morgan fingerprint density at radius 2 is 1.61 bits per heavy atom. The van der Waals surface area contributed by atoms with Gasteiger partial charge in [-0.3, -0.25) is 9.10 Å². The molecular weight excluding hydrogens is 372 g/mol. The van der Waals surface area contributed by atoms with Crippen molar-refractivity contribution in [2.24, 2.45) is 0 Å². The molecule has 6 heteroatoms. The highest BCUT2D eigenvalue weighted by Crippen LogP contribution is 2.22. The number of anilines is 1. The van der Waals surface area contributed by atoms with Gasteiger partial charge >= 0.3 is 0 Å². The fraction of sp³-hybridized carbons (Fsp3) is 0.409. The fourth-order valence-electron chi connectivity index (χ4n) is 2.99. The first-order chi connectivity index (χ1) is 13.1. The van der Waals surface area contributed by atoms with Crippen molar-refractivity contribution in [3.05, 3.63) is 64.7 Å². The number of rotatable bonds is 8. The van der Waals surface area contributed by atoms with Crippen LogP contribution in [0.2, 0.25) is 0 Å². The van der Waals surface area contributed by atoms with E-state index in [9.17, 15) is 13.2 Å². The van der Waals surface area contributed by atoms with E-state index in [0.29, 0.717) is 25.1 Å². The first-order valence-corrected chi connectivity index (χ1v) is 11.3. The number of hydrogen-bond donors (Lipinski definition) is 0. The van der Waals surface area contributed by atoms with Crippen LogP contribution in [0.3, 0.4) is 0 Å². The number of benzene rings is 2. The lowest BCUT2D eigenvalue weighted by Gasteiger charge is -2.24. The lowest BCUT2D eigenvalue weighted by molar-refractivity contribution is -0.130. The van der Waals surface area contributed by atoms with Crippen LogP contribution in [-0.4, -0.2) is 39.1 Å². The first-order valence-electron chi connectivity index (χ1n) is 9.42. The highest BCUT2D eigenvalue weighted by atomic mass is 32.2. The predicted octanol–water partition coefficient (Wildman–Crippen LogP) is 3.82. The van der Waals surface area contributed by atoms with Gasteiger partial charge < -0.3 is 4.90 Å². The molecule has 0 atom stereocenters. The molecule has 0 heterocycles. The average molecular weight is 403 g/mol. The quantitative estimate of drug-likeness (QED) is 0.674. The second-order valence-electron chi connectivity index (χ2n) is 7.44. The smallest absolute Gasteiger partial charge is 0.232 e. The molecule has 0 aromatic heterocycles. The van der Waals surface area contributed by atoms with Gasteiger partial charge in [-0.1, -0.05) is 35.9 Å². The highest BCUT2D eigenvalue weighted by Gasteiger charge is 2.18. The molecule has 28 heavy (non-hydrogen) atoms. The summed E-state index contributed by atoms with van der Waals surface area (Å²) in [5.41, 5.74) is 5.07. The Morgan fingerprint density at radius 1 is 0.964 bits per heavy atom. The maximum atomic E-state index is 12.4. The predicted molar refractivity (Wildman–Crippen MR) is 115 cm³/mol. The summed E-state index contributed by atoms with van der Waals surface area (Å²) in [4.78, 5) is 14.1. The molecule has 0 saturated carbocycles. The van der Waals surface area contributed by atoms with Gasteiger partial charge in [0.15, 0.2) is 0 Å².